The number of aromatic nitrogens is 1. The lowest BCUT2D eigenvalue weighted by atomic mass is 9.98. The molecule has 0 bridgehead atoms. The summed E-state index contributed by atoms with van der Waals surface area (Å²) >= 11 is 0. The number of nitrogens with zero attached hydrogens (tertiary/aromatic N) is 2. The summed E-state index contributed by atoms with van der Waals surface area (Å²) in [6.45, 7) is 5.30. The van der Waals surface area contributed by atoms with Crippen molar-refractivity contribution in [1.29, 1.82) is 0 Å². The number of halogens is 2. The zero-order valence-electron chi connectivity index (χ0n) is 29.4. The van der Waals surface area contributed by atoms with Crippen molar-refractivity contribution >= 4 is 47.6 Å². The summed E-state index contributed by atoms with van der Waals surface area (Å²) in [7, 11) is -3.46. The van der Waals surface area contributed by atoms with Crippen LogP contribution in [-0.4, -0.2) is 66.7 Å². The summed E-state index contributed by atoms with van der Waals surface area (Å²) in [6, 6.07) is 16.2. The molecule has 2 fully saturated rings. The molecule has 1 saturated carbocycles. The number of carbonyl (C=O) groups excluding carboxylic acids is 3. The third-order valence-electron chi connectivity index (χ3n) is 9.24. The fourth-order valence-corrected chi connectivity index (χ4v) is 7.70. The number of nitrogens with one attached hydrogen (secondary N) is 2. The standard InChI is InChI=1S/C38H41F2N4O8P/c1-3-50-53(48,51-4-2)24-35(45)44-19-14-25(15-20-44)23-49-29-10-11-30-32(22-29)41-18-13-33(30)52-34-12-9-28(21-31(34)40)43-37(47)38(16-17-38)36(46)42-27-7-5-26(39)6-8-27/h5-13,18,21-22,25H,3-4,14-17,19-20,23-24H2,1-2H3,(H,42,46)(H,43,47). The van der Waals surface area contributed by atoms with Gasteiger partial charge in [-0.1, -0.05) is 0 Å². The highest BCUT2D eigenvalue weighted by molar-refractivity contribution is 7.54. The summed E-state index contributed by atoms with van der Waals surface area (Å²) in [6.07, 6.45) is 3.39. The number of fused-ring (bicyclic) bond motifs is 1. The van der Waals surface area contributed by atoms with Crippen molar-refractivity contribution in [2.24, 2.45) is 11.3 Å². The Hall–Kier alpha value is -4.91. The van der Waals surface area contributed by atoms with E-state index in [1.54, 1.807) is 49.2 Å². The molecule has 280 valence electrons. The van der Waals surface area contributed by atoms with Gasteiger partial charge in [0.15, 0.2) is 11.6 Å². The van der Waals surface area contributed by atoms with E-state index >= 15 is 4.39 Å². The molecule has 15 heteroatoms. The Kier molecular flexibility index (Phi) is 11.7. The Balaban J connectivity index is 1.01. The van der Waals surface area contributed by atoms with Crippen LogP contribution in [0.1, 0.15) is 39.5 Å². The highest BCUT2D eigenvalue weighted by Gasteiger charge is 2.56. The maximum absolute atomic E-state index is 15.3. The lowest BCUT2D eigenvalue weighted by Gasteiger charge is -2.32. The third-order valence-corrected chi connectivity index (χ3v) is 11.2. The van der Waals surface area contributed by atoms with E-state index in [-0.39, 0.29) is 42.6 Å². The van der Waals surface area contributed by atoms with Gasteiger partial charge in [-0.05, 0) is 100 Å². The molecular formula is C38H41F2N4O8P. The molecule has 1 aromatic heterocycles. The van der Waals surface area contributed by atoms with Crippen LogP contribution < -0.4 is 20.1 Å². The minimum atomic E-state index is -3.46. The van der Waals surface area contributed by atoms with E-state index in [1.807, 2.05) is 0 Å². The second-order valence-corrected chi connectivity index (χ2v) is 15.0. The van der Waals surface area contributed by atoms with Crippen molar-refractivity contribution in [2.75, 3.05) is 49.7 Å². The van der Waals surface area contributed by atoms with Crippen molar-refractivity contribution in [1.82, 2.24) is 9.88 Å². The number of amides is 3. The summed E-state index contributed by atoms with van der Waals surface area (Å²) in [5, 5.41) is 5.90. The van der Waals surface area contributed by atoms with Crippen LogP contribution in [0.25, 0.3) is 10.9 Å². The van der Waals surface area contributed by atoms with Gasteiger partial charge in [-0.25, -0.2) is 8.78 Å². The normalized spacial score (nSPS) is 15.5. The molecular weight excluding hydrogens is 709 g/mol. The van der Waals surface area contributed by atoms with Gasteiger partial charge < -0.3 is 34.1 Å². The van der Waals surface area contributed by atoms with Crippen LogP contribution in [0.3, 0.4) is 0 Å². The van der Waals surface area contributed by atoms with E-state index in [0.717, 1.165) is 18.9 Å². The lowest BCUT2D eigenvalue weighted by Crippen LogP contribution is -2.41. The Labute approximate surface area is 305 Å². The minimum absolute atomic E-state index is 0.0746. The highest BCUT2D eigenvalue weighted by Crippen LogP contribution is 2.49. The number of ether oxygens (including phenoxy) is 2. The van der Waals surface area contributed by atoms with Gasteiger partial charge in [0.05, 0.1) is 25.3 Å². The van der Waals surface area contributed by atoms with Crippen LogP contribution in [0, 0.1) is 23.0 Å². The quantitative estimate of drug-likeness (QED) is 0.0930. The maximum atomic E-state index is 15.3. The van der Waals surface area contributed by atoms with E-state index in [4.69, 9.17) is 18.5 Å². The Morgan fingerprint density at radius 3 is 2.17 bits per heavy atom. The predicted octanol–water partition coefficient (Wildman–Crippen LogP) is 7.55. The smallest absolute Gasteiger partial charge is 0.340 e. The number of benzene rings is 3. The second kappa shape index (κ2) is 16.4. The molecule has 0 radical (unpaired) electrons. The average Bonchev–Trinajstić information content (AvgIpc) is 3.96. The van der Waals surface area contributed by atoms with Gasteiger partial charge in [0.2, 0.25) is 17.7 Å². The Morgan fingerprint density at radius 2 is 1.53 bits per heavy atom. The van der Waals surface area contributed by atoms with Gasteiger partial charge >= 0.3 is 7.60 Å². The van der Waals surface area contributed by atoms with Crippen LogP contribution in [0.5, 0.6) is 17.2 Å². The first-order valence-electron chi connectivity index (χ1n) is 17.5. The van der Waals surface area contributed by atoms with Crippen LogP contribution >= 0.6 is 7.60 Å². The maximum Gasteiger partial charge on any atom is 0.340 e. The molecule has 0 unspecified atom stereocenters. The van der Waals surface area contributed by atoms with Crippen LogP contribution in [0.4, 0.5) is 20.2 Å². The lowest BCUT2D eigenvalue weighted by molar-refractivity contribution is -0.131. The van der Waals surface area contributed by atoms with E-state index in [1.165, 1.54) is 36.4 Å². The number of piperidine rings is 1. The molecule has 2 N–H and O–H groups in total. The van der Waals surface area contributed by atoms with Crippen molar-refractivity contribution in [3.05, 3.63) is 84.6 Å². The molecule has 3 aromatic carbocycles. The molecule has 0 atom stereocenters. The number of pyridine rings is 1. The van der Waals surface area contributed by atoms with E-state index in [2.05, 4.69) is 15.6 Å². The first-order valence-corrected chi connectivity index (χ1v) is 19.3. The topological polar surface area (TPSA) is 145 Å². The number of rotatable bonds is 15. The Morgan fingerprint density at radius 1 is 0.868 bits per heavy atom. The monoisotopic (exact) mass is 750 g/mol. The van der Waals surface area contributed by atoms with Gasteiger partial charge in [0, 0.05) is 48.2 Å². The van der Waals surface area contributed by atoms with Gasteiger partial charge in [-0.3, -0.25) is 23.9 Å². The number of anilines is 2. The third kappa shape index (κ3) is 9.19. The first-order chi connectivity index (χ1) is 25.5. The number of hydrogen-bond acceptors (Lipinski definition) is 9. The van der Waals surface area contributed by atoms with Crippen molar-refractivity contribution in [2.45, 2.75) is 39.5 Å². The molecule has 4 aromatic rings. The zero-order valence-corrected chi connectivity index (χ0v) is 30.3. The van der Waals surface area contributed by atoms with Gasteiger partial charge in [-0.2, -0.15) is 0 Å². The zero-order chi connectivity index (χ0) is 37.6. The molecule has 3 amide bonds. The molecule has 0 spiro atoms. The number of likely N-dealkylation sites (tertiary alicyclic amines) is 1. The van der Waals surface area contributed by atoms with Gasteiger partial charge in [-0.15, -0.1) is 0 Å². The number of hydrogen-bond donors (Lipinski definition) is 2. The summed E-state index contributed by atoms with van der Waals surface area (Å²) in [5.74, 6) is -1.39. The molecule has 1 aliphatic carbocycles. The van der Waals surface area contributed by atoms with E-state index < -0.39 is 36.5 Å². The van der Waals surface area contributed by atoms with E-state index in [0.29, 0.717) is 60.6 Å². The molecule has 53 heavy (non-hydrogen) atoms. The molecule has 6 rings (SSSR count). The van der Waals surface area contributed by atoms with Gasteiger partial charge in [0.25, 0.3) is 0 Å². The summed E-state index contributed by atoms with van der Waals surface area (Å²) < 4.78 is 63.8. The molecule has 1 aliphatic heterocycles. The fourth-order valence-electron chi connectivity index (χ4n) is 6.13. The molecule has 2 aliphatic rings. The Bertz CT molecular complexity index is 2010. The largest absolute Gasteiger partial charge is 0.493 e. The fraction of sp³-hybridized carbons (Fsp3) is 0.368. The average molecular weight is 751 g/mol. The highest BCUT2D eigenvalue weighted by atomic mass is 31.2. The second-order valence-electron chi connectivity index (χ2n) is 13.0. The van der Waals surface area contributed by atoms with E-state index in [9.17, 15) is 23.3 Å². The SMILES string of the molecule is CCOP(=O)(CC(=O)N1CCC(COc2ccc3c(Oc4ccc(NC(=O)C5(C(=O)Nc6ccc(F)cc6)CC5)cc4F)ccnc3c2)CC1)OCC. The molecule has 1 saturated heterocycles. The van der Waals surface area contributed by atoms with Crippen LogP contribution in [-0.2, 0) is 28.0 Å². The summed E-state index contributed by atoms with van der Waals surface area (Å²) in [5.41, 5.74) is -0.191. The van der Waals surface area contributed by atoms with Crippen molar-refractivity contribution in [3.63, 3.8) is 0 Å². The molecule has 12 nitrogen and oxygen atoms in total. The minimum Gasteiger partial charge on any atom is -0.493 e. The van der Waals surface area contributed by atoms with Crippen LogP contribution in [0.2, 0.25) is 0 Å². The van der Waals surface area contributed by atoms with Crippen molar-refractivity contribution < 1.29 is 46.3 Å². The summed E-state index contributed by atoms with van der Waals surface area (Å²) in [4.78, 5) is 44.8. The molecule has 2 heterocycles. The van der Waals surface area contributed by atoms with Crippen LogP contribution in [0.15, 0.2) is 72.9 Å². The predicted molar refractivity (Wildman–Crippen MR) is 194 cm³/mol. The van der Waals surface area contributed by atoms with Crippen molar-refractivity contribution in [3.8, 4) is 17.2 Å². The number of carbonyl (C=O) groups is 3. The van der Waals surface area contributed by atoms with Gasteiger partial charge in [0.1, 0.15) is 28.9 Å². The first kappa shape index (κ1) is 37.8.